The van der Waals surface area contributed by atoms with Gasteiger partial charge in [0.15, 0.2) is 0 Å². The summed E-state index contributed by atoms with van der Waals surface area (Å²) in [7, 11) is 0. The molecule has 3 N–H and O–H groups in total. The lowest BCUT2D eigenvalue weighted by atomic mass is 10.1. The monoisotopic (exact) mass is 343 g/mol. The van der Waals surface area contributed by atoms with Gasteiger partial charge in [-0.15, -0.1) is 0 Å². The first-order valence-electron chi connectivity index (χ1n) is 8.75. The Bertz CT molecular complexity index is 688. The van der Waals surface area contributed by atoms with E-state index in [1.807, 2.05) is 26.0 Å². The molecule has 0 heterocycles. The molecule has 0 radical (unpaired) electrons. The first kappa shape index (κ1) is 19.0. The van der Waals surface area contributed by atoms with Crippen LogP contribution in [0.15, 0.2) is 35.9 Å². The zero-order chi connectivity index (χ0) is 18.8. The molecule has 2 rings (SSSR count). The molecule has 136 valence electrons. The van der Waals surface area contributed by atoms with Crippen LogP contribution in [0.25, 0.3) is 0 Å². The van der Waals surface area contributed by atoms with Crippen LogP contribution in [-0.4, -0.2) is 18.0 Å². The number of nitrogens with one attached hydrogen (secondary N) is 3. The van der Waals surface area contributed by atoms with Crippen LogP contribution in [0, 0.1) is 17.3 Å². The Balaban J connectivity index is 2.09. The molecular weight excluding hydrogens is 314 g/mol. The molecule has 2 unspecified atom stereocenters. The van der Waals surface area contributed by atoms with E-state index in [0.717, 1.165) is 0 Å². The SMILES string of the molecule is CC(C)=CC1C(C(=O)Nc2ccccc2NC(=O)NC(C)C)C1(C)C. The van der Waals surface area contributed by atoms with Crippen molar-refractivity contribution < 1.29 is 9.59 Å². The van der Waals surface area contributed by atoms with Gasteiger partial charge in [0, 0.05) is 6.04 Å². The fraction of sp³-hybridized carbons (Fsp3) is 0.500. The highest BCUT2D eigenvalue weighted by molar-refractivity contribution is 6.01. The van der Waals surface area contributed by atoms with Crippen LogP contribution in [0.5, 0.6) is 0 Å². The number of anilines is 2. The van der Waals surface area contributed by atoms with Crippen LogP contribution in [-0.2, 0) is 4.79 Å². The number of para-hydroxylation sites is 2. The third-order valence-corrected chi connectivity index (χ3v) is 4.56. The van der Waals surface area contributed by atoms with Crippen molar-refractivity contribution in [1.82, 2.24) is 5.32 Å². The Morgan fingerprint density at radius 1 is 1.08 bits per heavy atom. The van der Waals surface area contributed by atoms with Gasteiger partial charge in [-0.05, 0) is 51.2 Å². The van der Waals surface area contributed by atoms with Gasteiger partial charge in [0.25, 0.3) is 0 Å². The van der Waals surface area contributed by atoms with E-state index in [0.29, 0.717) is 11.4 Å². The van der Waals surface area contributed by atoms with E-state index in [9.17, 15) is 9.59 Å². The highest BCUT2D eigenvalue weighted by atomic mass is 16.2. The van der Waals surface area contributed by atoms with E-state index in [1.54, 1.807) is 12.1 Å². The number of allylic oxidation sites excluding steroid dienone is 2. The van der Waals surface area contributed by atoms with Gasteiger partial charge in [-0.2, -0.15) is 0 Å². The minimum Gasteiger partial charge on any atom is -0.336 e. The average molecular weight is 343 g/mol. The number of urea groups is 1. The third-order valence-electron chi connectivity index (χ3n) is 4.56. The molecule has 0 bridgehead atoms. The summed E-state index contributed by atoms with van der Waals surface area (Å²) in [6.07, 6.45) is 2.17. The molecule has 0 spiro atoms. The van der Waals surface area contributed by atoms with Crippen LogP contribution >= 0.6 is 0 Å². The van der Waals surface area contributed by atoms with Gasteiger partial charge in [-0.3, -0.25) is 4.79 Å². The zero-order valence-electron chi connectivity index (χ0n) is 15.9. The van der Waals surface area contributed by atoms with Crippen LogP contribution in [0.1, 0.15) is 41.5 Å². The molecule has 0 saturated heterocycles. The molecule has 1 aliphatic rings. The van der Waals surface area contributed by atoms with Gasteiger partial charge in [0.2, 0.25) is 5.91 Å². The van der Waals surface area contributed by atoms with E-state index in [2.05, 4.69) is 49.7 Å². The van der Waals surface area contributed by atoms with Crippen molar-refractivity contribution in [2.24, 2.45) is 17.3 Å². The van der Waals surface area contributed by atoms with Crippen LogP contribution in [0.4, 0.5) is 16.2 Å². The number of hydrogen-bond acceptors (Lipinski definition) is 2. The third kappa shape index (κ3) is 4.62. The van der Waals surface area contributed by atoms with Gasteiger partial charge in [0.1, 0.15) is 0 Å². The largest absolute Gasteiger partial charge is 0.336 e. The fourth-order valence-corrected chi connectivity index (χ4v) is 3.18. The number of hydrogen-bond donors (Lipinski definition) is 3. The van der Waals surface area contributed by atoms with Crippen molar-refractivity contribution in [3.05, 3.63) is 35.9 Å². The molecule has 0 aliphatic heterocycles. The molecule has 2 atom stereocenters. The lowest BCUT2D eigenvalue weighted by Crippen LogP contribution is -2.34. The summed E-state index contributed by atoms with van der Waals surface area (Å²) >= 11 is 0. The summed E-state index contributed by atoms with van der Waals surface area (Å²) in [5.74, 6) is 0.188. The van der Waals surface area contributed by atoms with Crippen molar-refractivity contribution in [3.8, 4) is 0 Å². The molecule has 1 aliphatic carbocycles. The topological polar surface area (TPSA) is 70.2 Å². The number of carbonyl (C=O) groups is 2. The van der Waals surface area contributed by atoms with Gasteiger partial charge in [-0.25, -0.2) is 4.79 Å². The molecule has 1 aromatic carbocycles. The molecular formula is C20H29N3O2. The standard InChI is InChI=1S/C20H29N3O2/c1-12(2)11-14-17(20(14,5)6)18(24)22-15-9-7-8-10-16(15)23-19(25)21-13(3)4/h7-11,13-14,17H,1-6H3,(H,22,24)(H2,21,23,25). The smallest absolute Gasteiger partial charge is 0.319 e. The summed E-state index contributed by atoms with van der Waals surface area (Å²) in [4.78, 5) is 24.7. The Morgan fingerprint density at radius 3 is 2.16 bits per heavy atom. The Morgan fingerprint density at radius 2 is 1.64 bits per heavy atom. The first-order valence-corrected chi connectivity index (χ1v) is 8.75. The van der Waals surface area contributed by atoms with Crippen LogP contribution in [0.3, 0.4) is 0 Å². The summed E-state index contributed by atoms with van der Waals surface area (Å²) in [5.41, 5.74) is 2.38. The maximum atomic E-state index is 12.7. The Labute approximate surface area is 150 Å². The number of rotatable bonds is 5. The van der Waals surface area contributed by atoms with Gasteiger partial charge < -0.3 is 16.0 Å². The lowest BCUT2D eigenvalue weighted by molar-refractivity contribution is -0.118. The highest BCUT2D eigenvalue weighted by Crippen LogP contribution is 2.59. The van der Waals surface area contributed by atoms with E-state index in [1.165, 1.54) is 5.57 Å². The minimum atomic E-state index is -0.286. The maximum Gasteiger partial charge on any atom is 0.319 e. The zero-order valence-corrected chi connectivity index (χ0v) is 15.9. The van der Waals surface area contributed by atoms with Crippen molar-refractivity contribution in [2.45, 2.75) is 47.6 Å². The molecule has 25 heavy (non-hydrogen) atoms. The van der Waals surface area contributed by atoms with Crippen molar-refractivity contribution >= 4 is 23.3 Å². The molecule has 5 heteroatoms. The normalized spacial score (nSPS) is 20.6. The number of amides is 3. The molecule has 1 fully saturated rings. The summed E-state index contributed by atoms with van der Waals surface area (Å²) in [6.45, 7) is 12.1. The van der Waals surface area contributed by atoms with Crippen molar-refractivity contribution in [3.63, 3.8) is 0 Å². The highest BCUT2D eigenvalue weighted by Gasteiger charge is 2.60. The maximum absolute atomic E-state index is 12.7. The second kappa shape index (κ2) is 7.30. The summed E-state index contributed by atoms with van der Waals surface area (Å²) in [6, 6.07) is 7.00. The summed E-state index contributed by atoms with van der Waals surface area (Å²) < 4.78 is 0. The lowest BCUT2D eigenvalue weighted by Gasteiger charge is -2.14. The molecule has 1 aromatic rings. The van der Waals surface area contributed by atoms with Crippen molar-refractivity contribution in [2.75, 3.05) is 10.6 Å². The number of benzene rings is 1. The van der Waals surface area contributed by atoms with Crippen LogP contribution in [0.2, 0.25) is 0 Å². The fourth-order valence-electron chi connectivity index (χ4n) is 3.18. The van der Waals surface area contributed by atoms with E-state index >= 15 is 0 Å². The summed E-state index contributed by atoms with van der Waals surface area (Å²) in [5, 5.41) is 8.55. The van der Waals surface area contributed by atoms with E-state index in [4.69, 9.17) is 0 Å². The molecule has 1 saturated carbocycles. The second-order valence-electron chi connectivity index (χ2n) is 7.86. The quantitative estimate of drug-likeness (QED) is 0.694. The predicted octanol–water partition coefficient (Wildman–Crippen LogP) is 4.39. The van der Waals surface area contributed by atoms with Gasteiger partial charge >= 0.3 is 6.03 Å². The minimum absolute atomic E-state index is 0.00832. The van der Waals surface area contributed by atoms with Crippen LogP contribution < -0.4 is 16.0 Å². The first-order chi connectivity index (χ1) is 11.6. The predicted molar refractivity (Wildman–Crippen MR) is 103 cm³/mol. The van der Waals surface area contributed by atoms with Gasteiger partial charge in [-0.1, -0.05) is 37.6 Å². The van der Waals surface area contributed by atoms with Crippen molar-refractivity contribution in [1.29, 1.82) is 0 Å². The van der Waals surface area contributed by atoms with Gasteiger partial charge in [0.05, 0.1) is 17.3 Å². The number of carbonyl (C=O) groups excluding carboxylic acids is 2. The Kier molecular flexibility index (Phi) is 5.55. The second-order valence-corrected chi connectivity index (χ2v) is 7.86. The Hall–Kier alpha value is -2.30. The molecule has 0 aromatic heterocycles. The molecule has 3 amide bonds. The average Bonchev–Trinajstić information content (AvgIpc) is 3.00. The van der Waals surface area contributed by atoms with E-state index in [-0.39, 0.29) is 35.2 Å². The molecule has 5 nitrogen and oxygen atoms in total. The van der Waals surface area contributed by atoms with E-state index < -0.39 is 0 Å².